The number of hydrogen-bond donors (Lipinski definition) is 0. The highest BCUT2D eigenvalue weighted by Gasteiger charge is 2.34. The van der Waals surface area contributed by atoms with Gasteiger partial charge in [0, 0.05) is 25.6 Å². The van der Waals surface area contributed by atoms with E-state index in [0.29, 0.717) is 37.7 Å². The highest BCUT2D eigenvalue weighted by atomic mass is 16.6. The summed E-state index contributed by atoms with van der Waals surface area (Å²) in [5.41, 5.74) is 0.963. The van der Waals surface area contributed by atoms with E-state index in [0.717, 1.165) is 24.2 Å². The number of amides is 1. The maximum Gasteiger partial charge on any atom is 0.346 e. The molecule has 0 N–H and O–H groups in total. The smallest absolute Gasteiger partial charge is 0.346 e. The third-order valence-corrected chi connectivity index (χ3v) is 6.40. The van der Waals surface area contributed by atoms with Crippen molar-refractivity contribution >= 4 is 5.91 Å². The Morgan fingerprint density at radius 1 is 1.03 bits per heavy atom. The van der Waals surface area contributed by atoms with Gasteiger partial charge in [-0.25, -0.2) is 9.48 Å². The Kier molecular flexibility index (Phi) is 5.90. The number of hydrogen-bond acceptors (Lipinski definition) is 5. The molecule has 1 unspecified atom stereocenters. The second-order valence-electron chi connectivity index (χ2n) is 8.49. The highest BCUT2D eigenvalue weighted by Crippen LogP contribution is 2.32. The van der Waals surface area contributed by atoms with E-state index in [-0.39, 0.29) is 24.1 Å². The van der Waals surface area contributed by atoms with Crippen LogP contribution in [0.15, 0.2) is 59.4 Å². The Bertz CT molecular complexity index is 1180. The quantitative estimate of drug-likeness (QED) is 0.600. The van der Waals surface area contributed by atoms with Gasteiger partial charge in [-0.1, -0.05) is 42.5 Å². The first kappa shape index (κ1) is 21.3. The van der Waals surface area contributed by atoms with Crippen LogP contribution in [0.5, 0.6) is 11.5 Å². The number of likely N-dealkylation sites (tertiary alicyclic amines) is 1. The third-order valence-electron chi connectivity index (χ3n) is 6.40. The predicted molar refractivity (Wildman–Crippen MR) is 123 cm³/mol. The van der Waals surface area contributed by atoms with E-state index in [4.69, 9.17) is 14.6 Å². The van der Waals surface area contributed by atoms with Crippen LogP contribution in [0.2, 0.25) is 0 Å². The Morgan fingerprint density at radius 2 is 1.73 bits per heavy atom. The average molecular weight is 449 g/mol. The lowest BCUT2D eigenvalue weighted by Gasteiger charge is -2.35. The topological polar surface area (TPSA) is 78.6 Å². The summed E-state index contributed by atoms with van der Waals surface area (Å²) in [7, 11) is 0. The Morgan fingerprint density at radius 3 is 2.45 bits per heavy atom. The molecule has 8 nitrogen and oxygen atoms in total. The number of aromatic nitrogens is 3. The molecule has 5 rings (SSSR count). The molecule has 0 radical (unpaired) electrons. The zero-order chi connectivity index (χ0) is 22.8. The molecule has 8 heteroatoms. The molecule has 172 valence electrons. The summed E-state index contributed by atoms with van der Waals surface area (Å²) in [4.78, 5) is 27.8. The summed E-state index contributed by atoms with van der Waals surface area (Å²) in [6.07, 6.45) is 0.894. The van der Waals surface area contributed by atoms with Gasteiger partial charge in [0.2, 0.25) is 6.10 Å². The van der Waals surface area contributed by atoms with Crippen LogP contribution in [-0.4, -0.2) is 51.0 Å². The molecule has 2 aromatic carbocycles. The van der Waals surface area contributed by atoms with E-state index in [1.54, 1.807) is 9.25 Å². The number of nitrogens with zero attached hydrogens (tertiary/aromatic N) is 4. The van der Waals surface area contributed by atoms with Crippen molar-refractivity contribution in [2.45, 2.75) is 44.9 Å². The van der Waals surface area contributed by atoms with E-state index in [2.05, 4.69) is 0 Å². The first-order valence-electron chi connectivity index (χ1n) is 11.5. The first-order valence-corrected chi connectivity index (χ1v) is 11.5. The Balaban J connectivity index is 1.25. The lowest BCUT2D eigenvalue weighted by Crippen LogP contribution is -2.49. The average Bonchev–Trinajstić information content (AvgIpc) is 3.18. The number of ether oxygens (including phenoxy) is 2. The van der Waals surface area contributed by atoms with Crippen molar-refractivity contribution in [2.75, 3.05) is 19.7 Å². The van der Waals surface area contributed by atoms with Gasteiger partial charge in [0.05, 0.1) is 6.54 Å². The fraction of sp³-hybridized carbons (Fsp3) is 0.400. The molecule has 2 aliphatic rings. The third kappa shape index (κ3) is 4.25. The van der Waals surface area contributed by atoms with Crippen LogP contribution in [0.25, 0.3) is 0 Å². The van der Waals surface area contributed by atoms with Crippen molar-refractivity contribution < 1.29 is 14.3 Å². The Hall–Kier alpha value is -3.55. The molecule has 1 saturated heterocycles. The molecule has 2 aliphatic heterocycles. The number of benzene rings is 2. The molecule has 1 fully saturated rings. The van der Waals surface area contributed by atoms with Crippen LogP contribution in [0.3, 0.4) is 0 Å². The molecular weight excluding hydrogens is 420 g/mol. The van der Waals surface area contributed by atoms with E-state index < -0.39 is 6.10 Å². The van der Waals surface area contributed by atoms with Gasteiger partial charge in [-0.05, 0) is 37.5 Å². The Labute approximate surface area is 192 Å². The van der Waals surface area contributed by atoms with Crippen molar-refractivity contribution in [3.63, 3.8) is 0 Å². The fourth-order valence-electron chi connectivity index (χ4n) is 4.62. The van der Waals surface area contributed by atoms with Crippen LogP contribution < -0.4 is 15.2 Å². The molecular formula is C25H28N4O4. The van der Waals surface area contributed by atoms with Crippen LogP contribution in [-0.2, 0) is 17.9 Å². The van der Waals surface area contributed by atoms with Gasteiger partial charge in [0.15, 0.2) is 11.5 Å². The van der Waals surface area contributed by atoms with Crippen molar-refractivity contribution in [3.8, 4) is 11.5 Å². The summed E-state index contributed by atoms with van der Waals surface area (Å²) in [5, 5.41) is 4.70. The van der Waals surface area contributed by atoms with Gasteiger partial charge in [-0.3, -0.25) is 9.36 Å². The van der Waals surface area contributed by atoms with Crippen LogP contribution >= 0.6 is 0 Å². The molecule has 0 bridgehead atoms. The largest absolute Gasteiger partial charge is 0.485 e. The molecule has 0 aliphatic carbocycles. The van der Waals surface area contributed by atoms with Crippen LogP contribution in [0.4, 0.5) is 0 Å². The van der Waals surface area contributed by atoms with Gasteiger partial charge in [0.25, 0.3) is 5.91 Å². The van der Waals surface area contributed by atoms with E-state index in [1.807, 2.05) is 66.4 Å². The molecule has 0 spiro atoms. The van der Waals surface area contributed by atoms with E-state index in [9.17, 15) is 9.59 Å². The van der Waals surface area contributed by atoms with Gasteiger partial charge in [-0.2, -0.15) is 5.10 Å². The number of carbonyl (C=O) groups is 1. The summed E-state index contributed by atoms with van der Waals surface area (Å²) in [6.45, 7) is 4.43. The molecule has 0 saturated carbocycles. The second kappa shape index (κ2) is 9.13. The maximum absolute atomic E-state index is 13.0. The molecule has 3 heterocycles. The zero-order valence-electron chi connectivity index (χ0n) is 18.7. The number of fused-ring (bicyclic) bond motifs is 1. The number of rotatable bonds is 5. The molecule has 3 aromatic rings. The highest BCUT2D eigenvalue weighted by molar-refractivity contribution is 5.82. The number of para-hydroxylation sites is 2. The summed E-state index contributed by atoms with van der Waals surface area (Å²) in [6, 6.07) is 17.3. The zero-order valence-corrected chi connectivity index (χ0v) is 18.7. The van der Waals surface area contributed by atoms with Crippen molar-refractivity contribution in [1.82, 2.24) is 19.2 Å². The predicted octanol–water partition coefficient (Wildman–Crippen LogP) is 2.66. The number of carbonyl (C=O) groups excluding carboxylic acids is 1. The standard InChI is InChI=1S/C25H28N4O4/c1-2-28-23(26-29(25(28)31)16-18-8-4-3-5-9-18)19-12-14-27(15-13-19)24(30)22-17-32-20-10-6-7-11-21(20)33-22/h3-11,19,22H,2,12-17H2,1H3. The molecule has 1 atom stereocenters. The minimum Gasteiger partial charge on any atom is -0.485 e. The second-order valence-corrected chi connectivity index (χ2v) is 8.49. The monoisotopic (exact) mass is 448 g/mol. The molecule has 33 heavy (non-hydrogen) atoms. The minimum absolute atomic E-state index is 0.0505. The maximum atomic E-state index is 13.0. The number of piperidine rings is 1. The van der Waals surface area contributed by atoms with Gasteiger partial charge < -0.3 is 14.4 Å². The molecule has 1 aromatic heterocycles. The van der Waals surface area contributed by atoms with E-state index in [1.165, 1.54) is 0 Å². The minimum atomic E-state index is -0.629. The normalized spacial score (nSPS) is 18.3. The van der Waals surface area contributed by atoms with Crippen LogP contribution in [0.1, 0.15) is 37.1 Å². The summed E-state index contributed by atoms with van der Waals surface area (Å²) < 4.78 is 14.9. The fourth-order valence-corrected chi connectivity index (χ4v) is 4.62. The molecule has 1 amide bonds. The van der Waals surface area contributed by atoms with Crippen molar-refractivity contribution in [3.05, 3.63) is 76.5 Å². The van der Waals surface area contributed by atoms with Gasteiger partial charge in [-0.15, -0.1) is 0 Å². The van der Waals surface area contributed by atoms with Gasteiger partial charge >= 0.3 is 5.69 Å². The first-order chi connectivity index (χ1) is 16.1. The summed E-state index contributed by atoms with van der Waals surface area (Å²) >= 11 is 0. The summed E-state index contributed by atoms with van der Waals surface area (Å²) in [5.74, 6) is 2.18. The van der Waals surface area contributed by atoms with Gasteiger partial charge in [0.1, 0.15) is 12.4 Å². The SMILES string of the molecule is CCn1c(C2CCN(C(=O)C3COc4ccccc4O3)CC2)nn(Cc2ccccc2)c1=O. The lowest BCUT2D eigenvalue weighted by atomic mass is 9.95. The van der Waals surface area contributed by atoms with E-state index >= 15 is 0 Å². The van der Waals surface area contributed by atoms with Crippen molar-refractivity contribution in [2.24, 2.45) is 0 Å². The lowest BCUT2D eigenvalue weighted by molar-refractivity contribution is -0.142. The van der Waals surface area contributed by atoms with Crippen LogP contribution in [0, 0.1) is 0 Å². The van der Waals surface area contributed by atoms with Crippen molar-refractivity contribution in [1.29, 1.82) is 0 Å².